The molecule has 0 radical (unpaired) electrons. The molecule has 12 heteroatoms. The molecule has 346 valence electrons. The molecule has 8 nitrogen and oxygen atoms in total. The summed E-state index contributed by atoms with van der Waals surface area (Å²) in [5.74, 6) is 0.160. The molecule has 0 aliphatic rings. The number of hydrogen-bond donors (Lipinski definition) is 0. The normalized spacial score (nSPS) is 10.2. The van der Waals surface area contributed by atoms with E-state index in [4.69, 9.17) is 0 Å². The zero-order valence-electron chi connectivity index (χ0n) is 42.6. The van der Waals surface area contributed by atoms with Crippen molar-refractivity contribution in [1.29, 1.82) is 0 Å². The Kier molecular flexibility index (Phi) is 22.3. The number of H-pyrrole nitrogens is 4. The zero-order valence-corrected chi connectivity index (χ0v) is 47.9. The number of rotatable bonds is 4. The topological polar surface area (TPSA) is 149 Å². The van der Waals surface area contributed by atoms with Gasteiger partial charge >= 0.3 is 127 Å². The number of pyridine rings is 4. The third kappa shape index (κ3) is 13.8. The van der Waals surface area contributed by atoms with E-state index in [1.165, 1.54) is 5.39 Å². The maximum absolute atomic E-state index is 12.2. The van der Waals surface area contributed by atoms with Gasteiger partial charge in [0.05, 0.1) is 16.2 Å². The summed E-state index contributed by atoms with van der Waals surface area (Å²) in [6, 6.07) is 78.7. The molecule has 0 unspecified atom stereocenters. The first-order valence-corrected chi connectivity index (χ1v) is 23.5. The molecular weight excluding hydrogens is 982 g/mol. The second-order valence-corrected chi connectivity index (χ2v) is 16.9. The first kappa shape index (κ1) is 59.4. The third-order valence-corrected chi connectivity index (χ3v) is 12.4. The summed E-state index contributed by atoms with van der Waals surface area (Å²) in [6.07, 6.45) is 1.87. The molecule has 4 aromatic heterocycles. The second kappa shape index (κ2) is 28.5. The zero-order chi connectivity index (χ0) is 49.2. The Labute approximate surface area is 537 Å². The Hall–Kier alpha value is -5.83. The fraction of sp³-hybridized carbons (Fsp3) is 0. The molecule has 13 aromatic rings. The van der Waals surface area contributed by atoms with Crippen LogP contribution in [0.5, 0.6) is 23.0 Å². The van der Waals surface area contributed by atoms with Gasteiger partial charge in [-0.2, -0.15) is 0 Å². The van der Waals surface area contributed by atoms with Gasteiger partial charge in [0.15, 0.2) is 6.20 Å². The molecule has 4 N–H and O–H groups in total. The number of benzene rings is 9. The van der Waals surface area contributed by atoms with Gasteiger partial charge in [0.2, 0.25) is 39.3 Å². The summed E-state index contributed by atoms with van der Waals surface area (Å²) in [7, 11) is 0. The quantitative estimate of drug-likeness (QED) is 0.194. The van der Waals surface area contributed by atoms with Crippen molar-refractivity contribution in [1.82, 2.24) is 0 Å². The van der Waals surface area contributed by atoms with Crippen LogP contribution in [0.4, 0.5) is 0 Å². The standard InChI is InChI=1S/C19H13NO.3C15H11NO.Ca.K.2Li/c21-18-12-6-4-10-16(18)19-15-9-2-1-7-13(15)14-8-3-5-11-17(14)20-19;2*17-15-8-4-2-6-12(15)14-10-9-11-5-1-3-7-13(11)16-14;17-14-8-4-3-7-13(14)15-12-6-2-1-5-11(12)9-10-16-15;;;;/h1-12,21H;3*1-10,17H;;;;/q;;;;+2;3*+1. The molecule has 13 rings (SSSR count). The van der Waals surface area contributed by atoms with Crippen LogP contribution in [0.1, 0.15) is 0 Å². The Morgan fingerprint density at radius 2 is 0.618 bits per heavy atom. The van der Waals surface area contributed by atoms with E-state index in [0.29, 0.717) is 22.3 Å². The minimum atomic E-state index is 0. The molecule has 0 aliphatic heterocycles. The van der Waals surface area contributed by atoms with Crippen LogP contribution in [-0.2, 0) is 0 Å². The van der Waals surface area contributed by atoms with Crippen molar-refractivity contribution in [3.05, 3.63) is 255 Å². The van der Waals surface area contributed by atoms with Gasteiger partial charge in [-0.25, -0.2) is 19.9 Å². The predicted octanol–water partition coefficient (Wildman–Crippen LogP) is 1.36. The molecule has 0 amide bonds. The van der Waals surface area contributed by atoms with Crippen LogP contribution in [0.3, 0.4) is 0 Å². The molecule has 76 heavy (non-hydrogen) atoms. The first-order valence-electron chi connectivity index (χ1n) is 23.5. The molecule has 0 spiro atoms. The van der Waals surface area contributed by atoms with Crippen LogP contribution in [0.15, 0.2) is 255 Å². The minimum absolute atomic E-state index is 0. The maximum atomic E-state index is 12.2. The average molecular weight is 1030 g/mol. The van der Waals surface area contributed by atoms with Gasteiger partial charge in [-0.1, -0.05) is 169 Å². The summed E-state index contributed by atoms with van der Waals surface area (Å²) in [5.41, 5.74) is 9.42. The van der Waals surface area contributed by atoms with Crippen molar-refractivity contribution >= 4 is 92.0 Å². The summed E-state index contributed by atoms with van der Waals surface area (Å²) >= 11 is 0. The first-order chi connectivity index (χ1) is 35.4. The monoisotopic (exact) mass is 1030 g/mol. The van der Waals surface area contributed by atoms with Crippen molar-refractivity contribution in [3.63, 3.8) is 0 Å². The number of aromatic nitrogens is 4. The number of para-hydroxylation sites is 7. The van der Waals surface area contributed by atoms with Gasteiger partial charge in [-0.15, -0.1) is 0 Å². The summed E-state index contributed by atoms with van der Waals surface area (Å²) in [4.78, 5) is 13.2. The number of aromatic amines is 4. The minimum Gasteiger partial charge on any atom is -0.872 e. The van der Waals surface area contributed by atoms with Crippen molar-refractivity contribution in [2.45, 2.75) is 0 Å². The van der Waals surface area contributed by atoms with Crippen LogP contribution in [0.2, 0.25) is 0 Å². The van der Waals surface area contributed by atoms with E-state index in [-0.39, 0.29) is 150 Å². The van der Waals surface area contributed by atoms with Gasteiger partial charge in [0.25, 0.3) is 0 Å². The van der Waals surface area contributed by atoms with E-state index in [1.54, 1.807) is 48.5 Å². The Morgan fingerprint density at radius 3 is 1.11 bits per heavy atom. The summed E-state index contributed by atoms with van der Waals surface area (Å²) in [5, 5.41) is 55.4. The molecule has 4 heterocycles. The SMILES string of the molecule is [Ca+2].[K+].[Li+].[Li+].[O-]c1ccccc1-c1[nH+]c2ccccc2c2ccccc12.[O-]c1ccccc1-c1[nH+]ccc2ccccc12.[O-]c1ccccc1-c1ccc2ccccc2[nH+]1.[O-]c1ccccc1-c1ccc2ccccc2[nH+]1. The van der Waals surface area contributed by atoms with Crippen LogP contribution in [-0.4, -0.2) is 37.7 Å². The molecule has 0 bridgehead atoms. The predicted molar refractivity (Wildman–Crippen MR) is 285 cm³/mol. The van der Waals surface area contributed by atoms with E-state index in [2.05, 4.69) is 38.1 Å². The molecule has 0 fully saturated rings. The second-order valence-electron chi connectivity index (χ2n) is 16.9. The van der Waals surface area contributed by atoms with Gasteiger partial charge < -0.3 is 20.4 Å². The molecule has 9 aromatic carbocycles. The van der Waals surface area contributed by atoms with Crippen LogP contribution >= 0.6 is 0 Å². The van der Waals surface area contributed by atoms with Gasteiger partial charge in [0, 0.05) is 74.8 Å². The largest absolute Gasteiger partial charge is 2.00 e. The Balaban J connectivity index is 0.000000162. The molecule has 0 saturated heterocycles. The van der Waals surface area contributed by atoms with E-state index < -0.39 is 0 Å². The third-order valence-electron chi connectivity index (χ3n) is 12.4. The van der Waals surface area contributed by atoms with Crippen molar-refractivity contribution in [2.24, 2.45) is 0 Å². The van der Waals surface area contributed by atoms with Crippen molar-refractivity contribution in [2.75, 3.05) is 0 Å². The fourth-order valence-electron chi connectivity index (χ4n) is 8.83. The van der Waals surface area contributed by atoms with Crippen molar-refractivity contribution in [3.8, 4) is 68.0 Å². The fourth-order valence-corrected chi connectivity index (χ4v) is 8.83. The number of nitrogens with one attached hydrogen (secondary N) is 4. The van der Waals surface area contributed by atoms with Gasteiger partial charge in [-0.3, -0.25) is 0 Å². The number of hydrogen-bond acceptors (Lipinski definition) is 4. The van der Waals surface area contributed by atoms with Crippen LogP contribution in [0.25, 0.3) is 99.3 Å². The summed E-state index contributed by atoms with van der Waals surface area (Å²) in [6.45, 7) is 0. The molecular formula is C64H46CaKLi2N4O4+5. The van der Waals surface area contributed by atoms with Gasteiger partial charge in [0.1, 0.15) is 0 Å². The molecule has 0 aliphatic carbocycles. The van der Waals surface area contributed by atoms with E-state index in [1.807, 2.05) is 188 Å². The van der Waals surface area contributed by atoms with E-state index in [0.717, 1.165) is 71.6 Å². The van der Waals surface area contributed by atoms with Crippen LogP contribution < -0.4 is 129 Å². The van der Waals surface area contributed by atoms with Crippen molar-refractivity contribution < 1.29 is 129 Å². The Bertz CT molecular complexity index is 3920. The summed E-state index contributed by atoms with van der Waals surface area (Å²) < 4.78 is 0. The smallest absolute Gasteiger partial charge is 0.872 e. The number of fused-ring (bicyclic) bond motifs is 6. The molecule has 0 saturated carbocycles. The average Bonchev–Trinajstić information content (AvgIpc) is 3.44. The van der Waals surface area contributed by atoms with E-state index >= 15 is 0 Å². The van der Waals surface area contributed by atoms with Crippen LogP contribution in [0, 0.1) is 0 Å². The van der Waals surface area contributed by atoms with Gasteiger partial charge in [-0.05, 0) is 72.1 Å². The van der Waals surface area contributed by atoms with E-state index in [9.17, 15) is 20.4 Å². The maximum Gasteiger partial charge on any atom is 2.00 e. The molecule has 0 atom stereocenters. The Morgan fingerprint density at radius 1 is 0.263 bits per heavy atom.